The molecule has 0 aliphatic carbocycles. The topological polar surface area (TPSA) is 114 Å². The number of carboxylic acids is 1. The maximum absolute atomic E-state index is 12.6. The minimum Gasteiger partial charge on any atom is -0.504 e. The average molecular weight is 387 g/mol. The lowest BCUT2D eigenvalue weighted by atomic mass is 10.1. The lowest BCUT2D eigenvalue weighted by Gasteiger charge is -2.22. The highest BCUT2D eigenvalue weighted by Gasteiger charge is 2.28. The van der Waals surface area contributed by atoms with E-state index in [0.29, 0.717) is 24.2 Å². The summed E-state index contributed by atoms with van der Waals surface area (Å²) in [6, 6.07) is 6.59. The van der Waals surface area contributed by atoms with Crippen molar-refractivity contribution in [3.63, 3.8) is 0 Å². The highest BCUT2D eigenvalue weighted by atomic mass is 16.5. The highest BCUT2D eigenvalue weighted by Crippen LogP contribution is 2.43. The number of esters is 1. The van der Waals surface area contributed by atoms with Gasteiger partial charge in [-0.25, -0.2) is 4.79 Å². The number of hydrogen-bond acceptors (Lipinski definition) is 7. The van der Waals surface area contributed by atoms with Crippen LogP contribution in [0, 0.1) is 6.92 Å². The van der Waals surface area contributed by atoms with Gasteiger partial charge < -0.3 is 29.7 Å². The van der Waals surface area contributed by atoms with Crippen molar-refractivity contribution in [3.8, 4) is 23.0 Å². The van der Waals surface area contributed by atoms with Crippen LogP contribution in [0.5, 0.6) is 23.0 Å². The number of rotatable bonds is 6. The number of phenols is 1. The molecule has 0 atom stereocenters. The fourth-order valence-electron chi connectivity index (χ4n) is 3.04. The number of benzene rings is 2. The van der Waals surface area contributed by atoms with Crippen molar-refractivity contribution in [1.82, 2.24) is 0 Å². The number of aliphatic carboxylic acids is 1. The monoisotopic (exact) mass is 387 g/mol. The van der Waals surface area contributed by atoms with E-state index in [0.717, 1.165) is 5.56 Å². The number of carboxylic acid groups (broad SMARTS) is 1. The molecular weight excluding hydrogens is 366 g/mol. The molecule has 0 radical (unpaired) electrons. The van der Waals surface area contributed by atoms with E-state index in [9.17, 15) is 14.7 Å². The second kappa shape index (κ2) is 8.08. The Balaban J connectivity index is 1.96. The average Bonchev–Trinajstić information content (AvgIpc) is 2.64. The van der Waals surface area contributed by atoms with E-state index in [-0.39, 0.29) is 41.6 Å². The summed E-state index contributed by atoms with van der Waals surface area (Å²) in [4.78, 5) is 23.3. The van der Waals surface area contributed by atoms with E-state index in [4.69, 9.17) is 19.3 Å². The molecule has 8 nitrogen and oxygen atoms in total. The zero-order chi connectivity index (χ0) is 20.3. The maximum atomic E-state index is 12.6. The number of nitrogens with one attached hydrogen (secondary N) is 1. The van der Waals surface area contributed by atoms with Crippen LogP contribution in [0.15, 0.2) is 24.3 Å². The number of cyclic esters (lactones) is 1. The Morgan fingerprint density at radius 1 is 1.32 bits per heavy atom. The van der Waals surface area contributed by atoms with Crippen LogP contribution in [-0.2, 0) is 16.1 Å². The van der Waals surface area contributed by atoms with E-state index in [1.807, 2.05) is 6.92 Å². The first-order valence-electron chi connectivity index (χ1n) is 8.74. The van der Waals surface area contributed by atoms with E-state index in [1.165, 1.54) is 7.11 Å². The summed E-state index contributed by atoms with van der Waals surface area (Å²) in [6.07, 6.45) is 0.442. The number of phenolic OH excluding ortho intramolecular Hbond substituents is 1. The standard InChI is InChI=1S/C20H21NO7/c1-11-8-12-10-27-20(25)17-15(28-18(12)14(22)9-11)6-5-13(19(17)26-2)21-7-3-4-16(23)24/h5-6,8-9,21-22H,3-4,7,10H2,1-2H3,(H,23,24). The van der Waals surface area contributed by atoms with Gasteiger partial charge in [-0.2, -0.15) is 0 Å². The van der Waals surface area contributed by atoms with Gasteiger partial charge in [-0.15, -0.1) is 0 Å². The normalized spacial score (nSPS) is 12.6. The number of aromatic hydroxyl groups is 1. The fourth-order valence-corrected chi connectivity index (χ4v) is 3.04. The van der Waals surface area contributed by atoms with Crippen molar-refractivity contribution in [2.75, 3.05) is 19.0 Å². The number of methoxy groups -OCH3 is 1. The summed E-state index contributed by atoms with van der Waals surface area (Å²) in [6.45, 7) is 2.16. The Labute approximate surface area is 161 Å². The molecule has 28 heavy (non-hydrogen) atoms. The molecule has 0 unspecified atom stereocenters. The van der Waals surface area contributed by atoms with Crippen molar-refractivity contribution < 1.29 is 34.0 Å². The van der Waals surface area contributed by atoms with E-state index >= 15 is 0 Å². The van der Waals surface area contributed by atoms with Gasteiger partial charge in [0.25, 0.3) is 0 Å². The fraction of sp³-hybridized carbons (Fsp3) is 0.300. The lowest BCUT2D eigenvalue weighted by Crippen LogP contribution is -2.14. The van der Waals surface area contributed by atoms with Crippen LogP contribution in [0.2, 0.25) is 0 Å². The molecule has 0 aromatic heterocycles. The van der Waals surface area contributed by atoms with Crippen LogP contribution in [-0.4, -0.2) is 35.8 Å². The van der Waals surface area contributed by atoms with Gasteiger partial charge in [-0.05, 0) is 43.2 Å². The third kappa shape index (κ3) is 3.95. The molecule has 1 aliphatic rings. The smallest absolute Gasteiger partial charge is 0.346 e. The van der Waals surface area contributed by atoms with Crippen molar-refractivity contribution in [3.05, 3.63) is 41.0 Å². The summed E-state index contributed by atoms with van der Waals surface area (Å²) < 4.78 is 16.6. The largest absolute Gasteiger partial charge is 0.504 e. The maximum Gasteiger partial charge on any atom is 0.346 e. The Morgan fingerprint density at radius 2 is 2.11 bits per heavy atom. The zero-order valence-electron chi connectivity index (χ0n) is 15.6. The summed E-state index contributed by atoms with van der Waals surface area (Å²) in [7, 11) is 1.42. The Hall–Kier alpha value is -3.42. The van der Waals surface area contributed by atoms with Crippen LogP contribution in [0.25, 0.3) is 0 Å². The first kappa shape index (κ1) is 19.3. The van der Waals surface area contributed by atoms with Crippen LogP contribution >= 0.6 is 0 Å². The van der Waals surface area contributed by atoms with E-state index in [1.54, 1.807) is 24.3 Å². The van der Waals surface area contributed by atoms with Gasteiger partial charge in [-0.3, -0.25) is 4.79 Å². The summed E-state index contributed by atoms with van der Waals surface area (Å²) in [5, 5.41) is 22.1. The molecule has 3 N–H and O–H groups in total. The summed E-state index contributed by atoms with van der Waals surface area (Å²) in [5.41, 5.74) is 1.99. The Kier molecular flexibility index (Phi) is 5.58. The molecule has 0 bridgehead atoms. The second-order valence-corrected chi connectivity index (χ2v) is 6.39. The third-order valence-electron chi connectivity index (χ3n) is 4.27. The van der Waals surface area contributed by atoms with Gasteiger partial charge >= 0.3 is 11.9 Å². The summed E-state index contributed by atoms with van der Waals surface area (Å²) in [5.74, 6) is -0.895. The molecule has 2 aromatic rings. The van der Waals surface area contributed by atoms with Crippen molar-refractivity contribution in [2.24, 2.45) is 0 Å². The predicted octanol–water partition coefficient (Wildman–Crippen LogP) is 3.45. The number of carbonyl (C=O) groups excluding carboxylic acids is 1. The van der Waals surface area contributed by atoms with Crippen molar-refractivity contribution >= 4 is 17.6 Å². The Morgan fingerprint density at radius 3 is 2.82 bits per heavy atom. The second-order valence-electron chi connectivity index (χ2n) is 6.39. The van der Waals surface area contributed by atoms with Crippen LogP contribution in [0.4, 0.5) is 5.69 Å². The number of carbonyl (C=O) groups is 2. The number of hydrogen-bond donors (Lipinski definition) is 3. The molecule has 0 saturated heterocycles. The van der Waals surface area contributed by atoms with E-state index in [2.05, 4.69) is 5.32 Å². The number of anilines is 1. The summed E-state index contributed by atoms with van der Waals surface area (Å²) >= 11 is 0. The number of ether oxygens (including phenoxy) is 3. The van der Waals surface area contributed by atoms with Gasteiger partial charge in [0.05, 0.1) is 12.8 Å². The number of aryl methyl sites for hydroxylation is 1. The SMILES string of the molecule is COc1c(NCCCC(=O)O)ccc2c1C(=O)OCc1cc(C)cc(O)c1O2. The molecule has 0 saturated carbocycles. The molecule has 0 amide bonds. The molecule has 2 aromatic carbocycles. The Bertz CT molecular complexity index is 923. The van der Waals surface area contributed by atoms with Crippen LogP contribution in [0.1, 0.15) is 34.3 Å². The van der Waals surface area contributed by atoms with Crippen LogP contribution < -0.4 is 14.8 Å². The van der Waals surface area contributed by atoms with Gasteiger partial charge in [0.1, 0.15) is 17.9 Å². The molecule has 148 valence electrons. The minimum absolute atomic E-state index is 0.0287. The molecule has 0 fully saturated rings. The molecule has 1 aliphatic heterocycles. The molecule has 1 heterocycles. The van der Waals surface area contributed by atoms with Crippen LogP contribution in [0.3, 0.4) is 0 Å². The molecular formula is C20H21NO7. The first-order valence-corrected chi connectivity index (χ1v) is 8.74. The number of fused-ring (bicyclic) bond motifs is 2. The quantitative estimate of drug-likeness (QED) is 0.510. The third-order valence-corrected chi connectivity index (χ3v) is 4.27. The molecule has 8 heteroatoms. The predicted molar refractivity (Wildman–Crippen MR) is 100 cm³/mol. The van der Waals surface area contributed by atoms with Gasteiger partial charge in [0, 0.05) is 18.5 Å². The molecule has 3 rings (SSSR count). The van der Waals surface area contributed by atoms with Gasteiger partial charge in [0.2, 0.25) is 0 Å². The zero-order valence-corrected chi connectivity index (χ0v) is 15.6. The van der Waals surface area contributed by atoms with Crippen molar-refractivity contribution in [1.29, 1.82) is 0 Å². The van der Waals surface area contributed by atoms with Crippen molar-refractivity contribution in [2.45, 2.75) is 26.4 Å². The van der Waals surface area contributed by atoms with Gasteiger partial charge in [0.15, 0.2) is 17.2 Å². The highest BCUT2D eigenvalue weighted by molar-refractivity contribution is 5.98. The molecule has 0 spiro atoms. The van der Waals surface area contributed by atoms with E-state index < -0.39 is 11.9 Å². The lowest BCUT2D eigenvalue weighted by molar-refractivity contribution is -0.137. The van der Waals surface area contributed by atoms with Gasteiger partial charge in [-0.1, -0.05) is 0 Å². The minimum atomic E-state index is -0.877. The first-order chi connectivity index (χ1) is 13.4.